The number of benzene rings is 1. The summed E-state index contributed by atoms with van der Waals surface area (Å²) in [5.74, 6) is 0.0125. The monoisotopic (exact) mass is 279 g/mol. The van der Waals surface area contributed by atoms with Gasteiger partial charge in [-0.3, -0.25) is 4.79 Å². The maximum Gasteiger partial charge on any atom is 0.306 e. The van der Waals surface area contributed by atoms with Crippen LogP contribution in [0.15, 0.2) is 30.3 Å². The van der Waals surface area contributed by atoms with Gasteiger partial charge in [-0.05, 0) is 18.0 Å². The van der Waals surface area contributed by atoms with Gasteiger partial charge in [0.15, 0.2) is 0 Å². The van der Waals surface area contributed by atoms with Crippen LogP contribution in [0.25, 0.3) is 0 Å². The number of likely N-dealkylation sites (N-methyl/N-ethyl adjacent to an activating group) is 1. The molecule has 0 aliphatic rings. The molecule has 4 nitrogen and oxygen atoms in total. The predicted octanol–water partition coefficient (Wildman–Crippen LogP) is 2.38. The number of methoxy groups -OCH3 is 1. The van der Waals surface area contributed by atoms with Crippen molar-refractivity contribution in [1.82, 2.24) is 5.32 Å². The molecule has 0 unspecified atom stereocenters. The van der Waals surface area contributed by atoms with Gasteiger partial charge in [-0.1, -0.05) is 44.2 Å². The average Bonchev–Trinajstić information content (AvgIpc) is 2.46. The summed E-state index contributed by atoms with van der Waals surface area (Å²) in [4.78, 5) is 11.8. The molecule has 0 aliphatic heterocycles. The van der Waals surface area contributed by atoms with Crippen LogP contribution in [0.5, 0.6) is 0 Å². The van der Waals surface area contributed by atoms with Gasteiger partial charge in [-0.2, -0.15) is 0 Å². The third kappa shape index (κ3) is 6.17. The summed E-state index contributed by atoms with van der Waals surface area (Å²) in [6.07, 6.45) is 0.397. The summed E-state index contributed by atoms with van der Waals surface area (Å²) < 4.78 is 10.5. The highest BCUT2D eigenvalue weighted by Gasteiger charge is 2.20. The van der Waals surface area contributed by atoms with E-state index in [2.05, 4.69) is 5.32 Å². The van der Waals surface area contributed by atoms with E-state index in [1.165, 1.54) is 0 Å². The number of carbonyl (C=O) groups excluding carboxylic acids is 1. The predicted molar refractivity (Wildman–Crippen MR) is 79.4 cm³/mol. The van der Waals surface area contributed by atoms with E-state index in [0.717, 1.165) is 12.1 Å². The van der Waals surface area contributed by atoms with E-state index in [4.69, 9.17) is 9.47 Å². The summed E-state index contributed by atoms with van der Waals surface area (Å²) in [7, 11) is 1.67. The number of hydrogen-bond acceptors (Lipinski definition) is 4. The Morgan fingerprint density at radius 1 is 1.30 bits per heavy atom. The minimum absolute atomic E-state index is 0.166. The lowest BCUT2D eigenvalue weighted by atomic mass is 9.99. The molecular weight excluding hydrogens is 254 g/mol. The van der Waals surface area contributed by atoms with Crippen LogP contribution in [0.4, 0.5) is 0 Å². The summed E-state index contributed by atoms with van der Waals surface area (Å²) in [5, 5.41) is 3.33. The lowest BCUT2D eigenvalue weighted by Gasteiger charge is -2.23. The van der Waals surface area contributed by atoms with E-state index in [1.807, 2.05) is 44.2 Å². The van der Waals surface area contributed by atoms with Gasteiger partial charge in [0.25, 0.3) is 0 Å². The standard InChI is InChI=1S/C16H25NO3/c1-4-17-15(12-19-3)13(2)10-16(18)20-11-14-8-6-5-7-9-14/h5-9,13,15,17H,4,10-12H2,1-3H3/t13-,15-/m1/s1. The number of esters is 1. The molecule has 0 bridgehead atoms. The second-order valence-electron chi connectivity index (χ2n) is 4.95. The van der Waals surface area contributed by atoms with Crippen molar-refractivity contribution in [3.8, 4) is 0 Å². The quantitative estimate of drug-likeness (QED) is 0.705. The number of rotatable bonds is 9. The van der Waals surface area contributed by atoms with E-state index >= 15 is 0 Å². The Morgan fingerprint density at radius 3 is 2.60 bits per heavy atom. The molecule has 1 aromatic rings. The minimum atomic E-state index is -0.166. The Balaban J connectivity index is 2.36. The zero-order valence-electron chi connectivity index (χ0n) is 12.6. The fourth-order valence-corrected chi connectivity index (χ4v) is 2.07. The molecule has 20 heavy (non-hydrogen) atoms. The minimum Gasteiger partial charge on any atom is -0.461 e. The Bertz CT molecular complexity index is 375. The number of nitrogens with one attached hydrogen (secondary N) is 1. The topological polar surface area (TPSA) is 47.6 Å². The van der Waals surface area contributed by atoms with Crippen LogP contribution in [0.1, 0.15) is 25.8 Å². The van der Waals surface area contributed by atoms with Gasteiger partial charge < -0.3 is 14.8 Å². The first kappa shape index (κ1) is 16.7. The highest BCUT2D eigenvalue weighted by atomic mass is 16.5. The molecule has 112 valence electrons. The van der Waals surface area contributed by atoms with E-state index in [9.17, 15) is 4.79 Å². The van der Waals surface area contributed by atoms with E-state index in [-0.39, 0.29) is 17.9 Å². The fraction of sp³-hybridized carbons (Fsp3) is 0.562. The van der Waals surface area contributed by atoms with Crippen LogP contribution in [0.2, 0.25) is 0 Å². The third-order valence-electron chi connectivity index (χ3n) is 3.23. The molecule has 0 spiro atoms. The molecular formula is C16H25NO3. The Kier molecular flexibility index (Phi) is 7.92. The van der Waals surface area contributed by atoms with Crippen LogP contribution in [-0.2, 0) is 20.9 Å². The van der Waals surface area contributed by atoms with Crippen LogP contribution < -0.4 is 5.32 Å². The molecule has 0 aliphatic carbocycles. The van der Waals surface area contributed by atoms with Gasteiger partial charge >= 0.3 is 5.97 Å². The van der Waals surface area contributed by atoms with Crippen molar-refractivity contribution in [2.45, 2.75) is 32.9 Å². The van der Waals surface area contributed by atoms with Gasteiger partial charge in [-0.15, -0.1) is 0 Å². The van der Waals surface area contributed by atoms with Crippen molar-refractivity contribution < 1.29 is 14.3 Å². The normalized spacial score (nSPS) is 13.8. The number of hydrogen-bond donors (Lipinski definition) is 1. The van der Waals surface area contributed by atoms with Crippen LogP contribution in [0.3, 0.4) is 0 Å². The Morgan fingerprint density at radius 2 is 2.00 bits per heavy atom. The largest absolute Gasteiger partial charge is 0.461 e. The van der Waals surface area contributed by atoms with Crippen LogP contribution in [-0.4, -0.2) is 32.3 Å². The fourth-order valence-electron chi connectivity index (χ4n) is 2.07. The summed E-state index contributed by atoms with van der Waals surface area (Å²) in [5.41, 5.74) is 1.01. The molecule has 0 fully saturated rings. The molecule has 0 heterocycles. The highest BCUT2D eigenvalue weighted by Crippen LogP contribution is 2.11. The molecule has 2 atom stereocenters. The Hall–Kier alpha value is -1.39. The first-order valence-corrected chi connectivity index (χ1v) is 7.09. The van der Waals surface area contributed by atoms with Crippen molar-refractivity contribution in [2.75, 3.05) is 20.3 Å². The van der Waals surface area contributed by atoms with Gasteiger partial charge in [-0.25, -0.2) is 0 Å². The van der Waals surface area contributed by atoms with Gasteiger partial charge in [0.2, 0.25) is 0 Å². The molecule has 0 amide bonds. The molecule has 1 rings (SSSR count). The zero-order chi connectivity index (χ0) is 14.8. The molecule has 0 saturated carbocycles. The van der Waals surface area contributed by atoms with Crippen molar-refractivity contribution >= 4 is 5.97 Å². The number of carbonyl (C=O) groups is 1. The third-order valence-corrected chi connectivity index (χ3v) is 3.23. The van der Waals surface area contributed by atoms with Gasteiger partial charge in [0, 0.05) is 19.6 Å². The summed E-state index contributed by atoms with van der Waals surface area (Å²) in [6.45, 7) is 5.88. The highest BCUT2D eigenvalue weighted by molar-refractivity contribution is 5.69. The maximum absolute atomic E-state index is 11.8. The first-order chi connectivity index (χ1) is 9.67. The lowest BCUT2D eigenvalue weighted by molar-refractivity contribution is -0.146. The Labute approximate surface area is 121 Å². The lowest BCUT2D eigenvalue weighted by Crippen LogP contribution is -2.39. The second-order valence-corrected chi connectivity index (χ2v) is 4.95. The SMILES string of the molecule is CCN[C@H](COC)[C@H](C)CC(=O)OCc1ccccc1. The van der Waals surface area contributed by atoms with Crippen molar-refractivity contribution in [3.05, 3.63) is 35.9 Å². The maximum atomic E-state index is 11.8. The average molecular weight is 279 g/mol. The molecule has 0 radical (unpaired) electrons. The smallest absolute Gasteiger partial charge is 0.306 e. The van der Waals surface area contributed by atoms with Crippen LogP contribution in [0, 0.1) is 5.92 Å². The van der Waals surface area contributed by atoms with Gasteiger partial charge in [0.05, 0.1) is 6.61 Å². The van der Waals surface area contributed by atoms with E-state index in [0.29, 0.717) is 19.6 Å². The van der Waals surface area contributed by atoms with Crippen LogP contribution >= 0.6 is 0 Å². The van der Waals surface area contributed by atoms with Gasteiger partial charge in [0.1, 0.15) is 6.61 Å². The molecule has 0 saturated heterocycles. The van der Waals surface area contributed by atoms with E-state index in [1.54, 1.807) is 7.11 Å². The molecule has 1 aromatic carbocycles. The molecule has 0 aromatic heterocycles. The van der Waals surface area contributed by atoms with Crippen molar-refractivity contribution in [3.63, 3.8) is 0 Å². The molecule has 4 heteroatoms. The zero-order valence-corrected chi connectivity index (χ0v) is 12.6. The number of ether oxygens (including phenoxy) is 2. The summed E-state index contributed by atoms with van der Waals surface area (Å²) >= 11 is 0. The molecule has 1 N–H and O–H groups in total. The van der Waals surface area contributed by atoms with Crippen molar-refractivity contribution in [1.29, 1.82) is 0 Å². The first-order valence-electron chi connectivity index (χ1n) is 7.09. The summed E-state index contributed by atoms with van der Waals surface area (Å²) in [6, 6.07) is 9.89. The van der Waals surface area contributed by atoms with E-state index < -0.39 is 0 Å². The second kappa shape index (κ2) is 9.50. The van der Waals surface area contributed by atoms with Crippen molar-refractivity contribution in [2.24, 2.45) is 5.92 Å².